The van der Waals surface area contributed by atoms with Crippen LogP contribution in [0.1, 0.15) is 44.0 Å². The Morgan fingerprint density at radius 2 is 1.82 bits per heavy atom. The highest BCUT2D eigenvalue weighted by Gasteiger charge is 2.37. The number of carbonyl (C=O) groups excluding carboxylic acids is 2. The van der Waals surface area contributed by atoms with Crippen LogP contribution in [0.15, 0.2) is 66.9 Å². The number of nitrogens with zero attached hydrogens (tertiary/aromatic N) is 3. The molecule has 172 valence electrons. The van der Waals surface area contributed by atoms with Crippen molar-refractivity contribution in [3.63, 3.8) is 0 Å². The van der Waals surface area contributed by atoms with E-state index >= 15 is 0 Å². The molecular formula is C26H27Cl2N3O2. The summed E-state index contributed by atoms with van der Waals surface area (Å²) in [6, 6.07) is 19.0. The summed E-state index contributed by atoms with van der Waals surface area (Å²) in [4.78, 5) is 30.0. The van der Waals surface area contributed by atoms with E-state index in [-0.39, 0.29) is 24.4 Å². The number of hydrogen-bond acceptors (Lipinski definition) is 2. The molecule has 0 saturated heterocycles. The molecule has 0 fully saturated rings. The molecule has 33 heavy (non-hydrogen) atoms. The van der Waals surface area contributed by atoms with Crippen LogP contribution in [0, 0.1) is 0 Å². The molecule has 5 nitrogen and oxygen atoms in total. The van der Waals surface area contributed by atoms with Gasteiger partial charge in [0.25, 0.3) is 0 Å². The van der Waals surface area contributed by atoms with Gasteiger partial charge in [-0.15, -0.1) is 11.6 Å². The van der Waals surface area contributed by atoms with Gasteiger partial charge in [0.1, 0.15) is 18.0 Å². The van der Waals surface area contributed by atoms with Crippen LogP contribution >= 0.6 is 23.2 Å². The van der Waals surface area contributed by atoms with Gasteiger partial charge >= 0.3 is 0 Å². The minimum Gasteiger partial charge on any atom is -0.332 e. The quantitative estimate of drug-likeness (QED) is 0.397. The van der Waals surface area contributed by atoms with Crippen LogP contribution in [0.5, 0.6) is 0 Å². The minimum absolute atomic E-state index is 0.0397. The number of amides is 2. The Kier molecular flexibility index (Phi) is 7.11. The first kappa shape index (κ1) is 23.4. The van der Waals surface area contributed by atoms with Crippen LogP contribution in [0.4, 0.5) is 5.69 Å². The molecule has 2 heterocycles. The topological polar surface area (TPSA) is 45.6 Å². The Bertz CT molecular complexity index is 1160. The fourth-order valence-electron chi connectivity index (χ4n) is 4.36. The monoisotopic (exact) mass is 483 g/mol. The SMILES string of the molecule is CCCCN(CC(=O)N1c2ccccc2-n2cccc2[C@H]1c1cccc(Cl)c1)C(=O)[C@@H](C)Cl. The molecule has 3 aromatic rings. The molecule has 0 unspecified atom stereocenters. The molecule has 2 amide bonds. The zero-order valence-corrected chi connectivity index (χ0v) is 20.3. The van der Waals surface area contributed by atoms with Crippen LogP contribution < -0.4 is 4.90 Å². The van der Waals surface area contributed by atoms with Crippen molar-refractivity contribution in [3.05, 3.63) is 83.1 Å². The molecule has 0 saturated carbocycles. The van der Waals surface area contributed by atoms with E-state index in [2.05, 4.69) is 11.5 Å². The van der Waals surface area contributed by atoms with Crippen LogP contribution in [-0.4, -0.2) is 39.7 Å². The van der Waals surface area contributed by atoms with Crippen molar-refractivity contribution < 1.29 is 9.59 Å². The van der Waals surface area contributed by atoms with E-state index in [1.807, 2.05) is 66.9 Å². The van der Waals surface area contributed by atoms with Gasteiger partial charge in [-0.3, -0.25) is 14.5 Å². The summed E-state index contributed by atoms with van der Waals surface area (Å²) in [5.41, 5.74) is 3.57. The Hall–Kier alpha value is -2.76. The van der Waals surface area contributed by atoms with Gasteiger partial charge in [-0.25, -0.2) is 0 Å². The molecule has 0 radical (unpaired) electrons. The fraction of sp³-hybridized carbons (Fsp3) is 0.308. The lowest BCUT2D eigenvalue weighted by Gasteiger charge is -2.39. The molecule has 0 spiro atoms. The largest absolute Gasteiger partial charge is 0.332 e. The summed E-state index contributed by atoms with van der Waals surface area (Å²) in [7, 11) is 0. The van der Waals surface area contributed by atoms with Crippen molar-refractivity contribution in [1.82, 2.24) is 9.47 Å². The molecule has 0 aliphatic carbocycles. The number of unbranched alkanes of at least 4 members (excludes halogenated alkanes) is 1. The number of anilines is 1. The number of aromatic nitrogens is 1. The summed E-state index contributed by atoms with van der Waals surface area (Å²) in [6.45, 7) is 4.15. The van der Waals surface area contributed by atoms with Crippen molar-refractivity contribution in [1.29, 1.82) is 0 Å². The van der Waals surface area contributed by atoms with Crippen molar-refractivity contribution in [2.24, 2.45) is 0 Å². The summed E-state index contributed by atoms with van der Waals surface area (Å²) in [6.07, 6.45) is 3.72. The number of hydrogen-bond donors (Lipinski definition) is 0. The van der Waals surface area contributed by atoms with E-state index in [1.54, 1.807) is 16.7 Å². The molecule has 0 N–H and O–H groups in total. The predicted octanol–water partition coefficient (Wildman–Crippen LogP) is 5.82. The third-order valence-corrected chi connectivity index (χ3v) is 6.33. The first-order valence-electron chi connectivity index (χ1n) is 11.2. The van der Waals surface area contributed by atoms with Gasteiger partial charge in [0.2, 0.25) is 11.8 Å². The third kappa shape index (κ3) is 4.66. The van der Waals surface area contributed by atoms with E-state index in [1.165, 1.54) is 0 Å². The lowest BCUT2D eigenvalue weighted by Crippen LogP contribution is -2.48. The first-order valence-corrected chi connectivity index (χ1v) is 12.0. The number of para-hydroxylation sites is 2. The number of rotatable bonds is 7. The van der Waals surface area contributed by atoms with Crippen LogP contribution in [-0.2, 0) is 9.59 Å². The van der Waals surface area contributed by atoms with E-state index in [0.29, 0.717) is 11.6 Å². The zero-order valence-electron chi connectivity index (χ0n) is 18.7. The number of carbonyl (C=O) groups is 2. The number of benzene rings is 2. The van der Waals surface area contributed by atoms with E-state index < -0.39 is 5.38 Å². The average Bonchev–Trinajstić information content (AvgIpc) is 3.30. The number of alkyl halides is 1. The second kappa shape index (κ2) is 10.0. The molecule has 1 aliphatic heterocycles. The summed E-state index contributed by atoms with van der Waals surface area (Å²) >= 11 is 12.4. The Balaban J connectivity index is 1.79. The Morgan fingerprint density at radius 1 is 1.06 bits per heavy atom. The van der Waals surface area contributed by atoms with Gasteiger partial charge in [-0.2, -0.15) is 0 Å². The lowest BCUT2D eigenvalue weighted by atomic mass is 9.97. The highest BCUT2D eigenvalue weighted by Crippen LogP contribution is 2.42. The molecule has 4 rings (SSSR count). The minimum atomic E-state index is -0.691. The molecule has 0 bridgehead atoms. The maximum absolute atomic E-state index is 13.9. The van der Waals surface area contributed by atoms with E-state index in [0.717, 1.165) is 35.5 Å². The molecule has 2 aromatic carbocycles. The van der Waals surface area contributed by atoms with Crippen molar-refractivity contribution >= 4 is 40.7 Å². The third-order valence-electron chi connectivity index (χ3n) is 5.91. The Labute approximate surface area is 204 Å². The van der Waals surface area contributed by atoms with Gasteiger partial charge in [0, 0.05) is 17.8 Å². The molecular weight excluding hydrogens is 457 g/mol. The number of halogens is 2. The van der Waals surface area contributed by atoms with E-state index in [9.17, 15) is 9.59 Å². The Morgan fingerprint density at radius 3 is 2.52 bits per heavy atom. The first-order chi connectivity index (χ1) is 15.9. The average molecular weight is 484 g/mol. The molecule has 1 aliphatic rings. The van der Waals surface area contributed by atoms with Gasteiger partial charge in [0.05, 0.1) is 17.1 Å². The molecule has 1 aromatic heterocycles. The smallest absolute Gasteiger partial charge is 0.247 e. The van der Waals surface area contributed by atoms with Crippen molar-refractivity contribution in [3.8, 4) is 5.69 Å². The zero-order chi connectivity index (χ0) is 23.5. The van der Waals surface area contributed by atoms with Gasteiger partial charge in [-0.1, -0.05) is 49.2 Å². The highest BCUT2D eigenvalue weighted by atomic mass is 35.5. The summed E-state index contributed by atoms with van der Waals surface area (Å²) < 4.78 is 2.10. The fourth-order valence-corrected chi connectivity index (χ4v) is 4.70. The maximum atomic E-state index is 13.9. The van der Waals surface area contributed by atoms with Crippen molar-refractivity contribution in [2.75, 3.05) is 18.0 Å². The highest BCUT2D eigenvalue weighted by molar-refractivity contribution is 6.31. The van der Waals surface area contributed by atoms with Gasteiger partial charge in [-0.05, 0) is 55.3 Å². The van der Waals surface area contributed by atoms with Gasteiger partial charge < -0.3 is 9.47 Å². The summed E-state index contributed by atoms with van der Waals surface area (Å²) in [5, 5.41) is -0.0863. The normalized spacial score (nSPS) is 15.5. The second-order valence-corrected chi connectivity index (χ2v) is 9.33. The van der Waals surface area contributed by atoms with E-state index in [4.69, 9.17) is 23.2 Å². The molecule has 7 heteroatoms. The standard InChI is InChI=1S/C26H27Cl2N3O2/c1-3-4-14-29(26(33)18(2)27)17-24(32)31-22-12-6-5-11-21(22)30-15-8-13-23(30)25(31)19-9-7-10-20(28)16-19/h5-13,15-16,18,25H,3-4,14,17H2,1-2H3/t18-,25-/m1/s1. The lowest BCUT2D eigenvalue weighted by molar-refractivity contribution is -0.134. The number of fused-ring (bicyclic) bond motifs is 3. The van der Waals surface area contributed by atoms with Crippen LogP contribution in [0.3, 0.4) is 0 Å². The van der Waals surface area contributed by atoms with Gasteiger partial charge in [0.15, 0.2) is 0 Å². The summed E-state index contributed by atoms with van der Waals surface area (Å²) in [5.74, 6) is -0.395. The predicted molar refractivity (Wildman–Crippen MR) is 133 cm³/mol. The van der Waals surface area contributed by atoms with Crippen LogP contribution in [0.2, 0.25) is 5.02 Å². The molecule has 2 atom stereocenters. The van der Waals surface area contributed by atoms with Crippen molar-refractivity contribution in [2.45, 2.75) is 38.1 Å². The second-order valence-electron chi connectivity index (χ2n) is 8.24. The van der Waals surface area contributed by atoms with Crippen LogP contribution in [0.25, 0.3) is 5.69 Å². The maximum Gasteiger partial charge on any atom is 0.247 e.